The molecule has 0 radical (unpaired) electrons. The highest BCUT2D eigenvalue weighted by Crippen LogP contribution is 2.37. The Labute approximate surface area is 197 Å². The van der Waals surface area contributed by atoms with Crippen LogP contribution in [-0.4, -0.2) is 32.9 Å². The second-order valence-corrected chi connectivity index (χ2v) is 9.72. The number of carbonyl (C=O) groups is 2. The van der Waals surface area contributed by atoms with Crippen LogP contribution in [0.3, 0.4) is 0 Å². The maximum Gasteiger partial charge on any atom is 0.338 e. The molecule has 34 heavy (non-hydrogen) atoms. The zero-order valence-electron chi connectivity index (χ0n) is 18.6. The Morgan fingerprint density at radius 2 is 1.68 bits per heavy atom. The van der Waals surface area contributed by atoms with E-state index >= 15 is 0 Å². The summed E-state index contributed by atoms with van der Waals surface area (Å²) in [6.07, 6.45) is 0.436. The van der Waals surface area contributed by atoms with E-state index in [2.05, 4.69) is 5.32 Å². The lowest BCUT2D eigenvalue weighted by Crippen LogP contribution is -2.35. The van der Waals surface area contributed by atoms with E-state index in [0.717, 1.165) is 17.7 Å². The molecule has 0 fully saturated rings. The minimum Gasteiger partial charge on any atom is -0.462 e. The standard InChI is InChI=1S/C25H23FN2O5S/c1-3-33-25(30)17-4-9-21(10-5-17)27-24(29)18-6-13-23-19(15-18)14-16(2)28(23)34(31,32)22-11-7-20(26)8-12-22/h4-13,15-16H,3,14H2,1-2H3,(H,27,29)/t16-/m0/s1. The fourth-order valence-electron chi connectivity index (χ4n) is 3.94. The Bertz CT molecular complexity index is 1340. The van der Waals surface area contributed by atoms with Crippen LogP contribution in [0.1, 0.15) is 40.1 Å². The minimum absolute atomic E-state index is 0.00156. The molecule has 0 unspecified atom stereocenters. The van der Waals surface area contributed by atoms with Gasteiger partial charge < -0.3 is 10.1 Å². The molecule has 0 saturated heterocycles. The number of hydrogen-bond donors (Lipinski definition) is 1. The number of benzene rings is 3. The number of hydrogen-bond acceptors (Lipinski definition) is 5. The largest absolute Gasteiger partial charge is 0.462 e. The number of nitrogens with one attached hydrogen (secondary N) is 1. The summed E-state index contributed by atoms with van der Waals surface area (Å²) in [5, 5.41) is 2.77. The van der Waals surface area contributed by atoms with E-state index in [1.165, 1.54) is 16.4 Å². The predicted octanol–water partition coefficient (Wildman–Crippen LogP) is 4.39. The highest BCUT2D eigenvalue weighted by molar-refractivity contribution is 7.92. The van der Waals surface area contributed by atoms with Gasteiger partial charge in [0.05, 0.1) is 22.8 Å². The molecule has 176 valence electrons. The maximum absolute atomic E-state index is 13.3. The fourth-order valence-corrected chi connectivity index (χ4v) is 5.63. The third kappa shape index (κ3) is 4.51. The number of sulfonamides is 1. The number of esters is 1. The third-order valence-corrected chi connectivity index (χ3v) is 7.46. The van der Waals surface area contributed by atoms with Crippen LogP contribution in [0.2, 0.25) is 0 Å². The predicted molar refractivity (Wildman–Crippen MR) is 126 cm³/mol. The Hall–Kier alpha value is -3.72. The monoisotopic (exact) mass is 482 g/mol. The summed E-state index contributed by atoms with van der Waals surface area (Å²) in [6, 6.07) is 15.5. The van der Waals surface area contributed by atoms with Crippen LogP contribution < -0.4 is 9.62 Å². The lowest BCUT2D eigenvalue weighted by atomic mass is 10.1. The molecule has 1 N–H and O–H groups in total. The van der Waals surface area contributed by atoms with Crippen molar-refractivity contribution >= 4 is 33.3 Å². The first-order valence-electron chi connectivity index (χ1n) is 10.7. The van der Waals surface area contributed by atoms with E-state index in [0.29, 0.717) is 28.9 Å². The summed E-state index contributed by atoms with van der Waals surface area (Å²) < 4.78 is 45.9. The molecular weight excluding hydrogens is 459 g/mol. The van der Waals surface area contributed by atoms with E-state index in [1.54, 1.807) is 56.3 Å². The minimum atomic E-state index is -3.89. The van der Waals surface area contributed by atoms with Crippen molar-refractivity contribution in [2.45, 2.75) is 31.2 Å². The topological polar surface area (TPSA) is 92.8 Å². The number of fused-ring (bicyclic) bond motifs is 1. The molecule has 4 rings (SSSR count). The molecule has 1 heterocycles. The average molecular weight is 483 g/mol. The van der Waals surface area contributed by atoms with Gasteiger partial charge >= 0.3 is 5.97 Å². The third-order valence-electron chi connectivity index (χ3n) is 5.52. The maximum atomic E-state index is 13.3. The van der Waals surface area contributed by atoms with Crippen molar-refractivity contribution in [1.82, 2.24) is 0 Å². The smallest absolute Gasteiger partial charge is 0.338 e. The molecule has 1 amide bonds. The van der Waals surface area contributed by atoms with E-state index in [4.69, 9.17) is 4.74 Å². The summed E-state index contributed by atoms with van der Waals surface area (Å²) in [5.74, 6) is -1.31. The van der Waals surface area contributed by atoms with Crippen LogP contribution in [-0.2, 0) is 21.2 Å². The molecule has 0 aliphatic carbocycles. The second-order valence-electron chi connectivity index (χ2n) is 7.90. The summed E-state index contributed by atoms with van der Waals surface area (Å²) >= 11 is 0. The lowest BCUT2D eigenvalue weighted by Gasteiger charge is -2.24. The van der Waals surface area contributed by atoms with Gasteiger partial charge in [-0.25, -0.2) is 17.6 Å². The van der Waals surface area contributed by atoms with E-state index in [-0.39, 0.29) is 23.5 Å². The summed E-state index contributed by atoms with van der Waals surface area (Å²) in [6.45, 7) is 3.78. The number of amides is 1. The quantitative estimate of drug-likeness (QED) is 0.526. The van der Waals surface area contributed by atoms with Gasteiger partial charge in [-0.2, -0.15) is 0 Å². The van der Waals surface area contributed by atoms with Gasteiger partial charge in [-0.1, -0.05) is 0 Å². The number of ether oxygens (including phenoxy) is 1. The Morgan fingerprint density at radius 1 is 1.03 bits per heavy atom. The van der Waals surface area contributed by atoms with Gasteiger partial charge in [0.2, 0.25) is 0 Å². The van der Waals surface area contributed by atoms with Crippen molar-refractivity contribution in [3.05, 3.63) is 89.2 Å². The van der Waals surface area contributed by atoms with E-state index in [1.807, 2.05) is 0 Å². The van der Waals surface area contributed by atoms with Gasteiger partial charge in [-0.15, -0.1) is 0 Å². The van der Waals surface area contributed by atoms with Gasteiger partial charge in [-0.05, 0) is 92.6 Å². The Kier molecular flexibility index (Phi) is 6.39. The summed E-state index contributed by atoms with van der Waals surface area (Å²) in [7, 11) is -3.89. The molecule has 0 aromatic heterocycles. The number of carbonyl (C=O) groups excluding carboxylic acids is 2. The molecule has 0 spiro atoms. The highest BCUT2D eigenvalue weighted by Gasteiger charge is 2.36. The molecule has 9 heteroatoms. The zero-order chi connectivity index (χ0) is 24.5. The molecule has 0 saturated carbocycles. The molecule has 3 aromatic carbocycles. The Morgan fingerprint density at radius 3 is 2.32 bits per heavy atom. The van der Waals surface area contributed by atoms with Gasteiger partial charge in [-0.3, -0.25) is 9.10 Å². The molecule has 1 aliphatic heterocycles. The number of rotatable bonds is 6. The van der Waals surface area contributed by atoms with Gasteiger partial charge in [0.1, 0.15) is 5.82 Å². The molecule has 0 bridgehead atoms. The Balaban J connectivity index is 1.54. The normalized spacial score (nSPS) is 15.0. The van der Waals surface area contributed by atoms with Crippen LogP contribution in [0.25, 0.3) is 0 Å². The van der Waals surface area contributed by atoms with Crippen molar-refractivity contribution in [3.8, 4) is 0 Å². The first kappa shape index (κ1) is 23.4. The van der Waals surface area contributed by atoms with Crippen LogP contribution >= 0.6 is 0 Å². The SMILES string of the molecule is CCOC(=O)c1ccc(NC(=O)c2ccc3c(c2)C[C@H](C)N3S(=O)(=O)c2ccc(F)cc2)cc1. The van der Waals surface area contributed by atoms with Crippen LogP contribution in [0, 0.1) is 5.82 Å². The van der Waals surface area contributed by atoms with Crippen molar-refractivity contribution in [3.63, 3.8) is 0 Å². The molecule has 1 atom stereocenters. The van der Waals surface area contributed by atoms with Gasteiger partial charge in [0, 0.05) is 17.3 Å². The van der Waals surface area contributed by atoms with Crippen LogP contribution in [0.15, 0.2) is 71.6 Å². The van der Waals surface area contributed by atoms with Crippen molar-refractivity contribution in [2.24, 2.45) is 0 Å². The molecule has 3 aromatic rings. The number of anilines is 2. The summed E-state index contributed by atoms with van der Waals surface area (Å²) in [4.78, 5) is 24.5. The van der Waals surface area contributed by atoms with Crippen molar-refractivity contribution < 1.29 is 27.1 Å². The van der Waals surface area contributed by atoms with Crippen molar-refractivity contribution in [2.75, 3.05) is 16.2 Å². The second kappa shape index (κ2) is 9.26. The van der Waals surface area contributed by atoms with E-state index < -0.39 is 21.8 Å². The molecule has 1 aliphatic rings. The van der Waals surface area contributed by atoms with Crippen molar-refractivity contribution in [1.29, 1.82) is 0 Å². The summed E-state index contributed by atoms with van der Waals surface area (Å²) in [5.41, 5.74) is 2.48. The highest BCUT2D eigenvalue weighted by atomic mass is 32.2. The zero-order valence-corrected chi connectivity index (χ0v) is 19.4. The number of nitrogens with zero attached hydrogens (tertiary/aromatic N) is 1. The first-order chi connectivity index (χ1) is 16.2. The first-order valence-corrected chi connectivity index (χ1v) is 12.2. The fraction of sp³-hybridized carbons (Fsp3) is 0.200. The van der Waals surface area contributed by atoms with Crippen LogP contribution in [0.5, 0.6) is 0 Å². The molecular formula is C25H23FN2O5S. The average Bonchev–Trinajstić information content (AvgIpc) is 3.15. The van der Waals surface area contributed by atoms with Gasteiger partial charge in [0.25, 0.3) is 15.9 Å². The van der Waals surface area contributed by atoms with E-state index in [9.17, 15) is 22.4 Å². The molecule has 7 nitrogen and oxygen atoms in total. The van der Waals surface area contributed by atoms with Gasteiger partial charge in [0.15, 0.2) is 0 Å². The van der Waals surface area contributed by atoms with Crippen LogP contribution in [0.4, 0.5) is 15.8 Å². The lowest BCUT2D eigenvalue weighted by molar-refractivity contribution is 0.0526. The number of halogens is 1.